The minimum absolute atomic E-state index is 0.341. The molecule has 0 radical (unpaired) electrons. The summed E-state index contributed by atoms with van der Waals surface area (Å²) < 4.78 is 9.85. The Bertz CT molecular complexity index is 1270. The first-order valence-corrected chi connectivity index (χ1v) is 9.62. The van der Waals surface area contributed by atoms with E-state index in [0.29, 0.717) is 35.1 Å². The van der Waals surface area contributed by atoms with Crippen molar-refractivity contribution in [2.45, 2.75) is 13.2 Å². The van der Waals surface area contributed by atoms with E-state index in [2.05, 4.69) is 9.97 Å². The van der Waals surface area contributed by atoms with Crippen LogP contribution < -0.4 is 16.0 Å². The molecule has 0 unspecified atom stereocenters. The molecule has 1 aromatic carbocycles. The molecule has 0 amide bonds. The summed E-state index contributed by atoms with van der Waals surface area (Å²) in [6.07, 6.45) is 1.55. The zero-order chi connectivity index (χ0) is 19.8. The first kappa shape index (κ1) is 18.5. The predicted octanol–water partition coefficient (Wildman–Crippen LogP) is 2.17. The van der Waals surface area contributed by atoms with E-state index in [1.54, 1.807) is 42.2 Å². The van der Waals surface area contributed by atoms with Crippen LogP contribution in [0, 0.1) is 0 Å². The Balaban J connectivity index is 1.55. The summed E-state index contributed by atoms with van der Waals surface area (Å²) in [5.74, 6) is 0.714. The number of aryl methyl sites for hydroxylation is 1. The molecular formula is C18H16ClN5O3S. The Morgan fingerprint density at radius 2 is 1.89 bits per heavy atom. The van der Waals surface area contributed by atoms with Crippen molar-refractivity contribution in [1.82, 2.24) is 23.7 Å². The van der Waals surface area contributed by atoms with Gasteiger partial charge in [-0.25, -0.2) is 14.8 Å². The van der Waals surface area contributed by atoms with Gasteiger partial charge in [-0.1, -0.05) is 11.6 Å². The fraction of sp³-hybridized carbons (Fsp3) is 0.222. The van der Waals surface area contributed by atoms with Crippen LogP contribution in [0.3, 0.4) is 0 Å². The molecular weight excluding hydrogens is 402 g/mol. The maximum absolute atomic E-state index is 12.5. The third kappa shape index (κ3) is 3.34. The highest BCUT2D eigenvalue weighted by molar-refractivity contribution is 7.09. The quantitative estimate of drug-likeness (QED) is 0.497. The normalized spacial score (nSPS) is 11.2. The SMILES string of the molecule is Cn1c(=O)c2c(ncn2Cc2csc(COc3ccc(Cl)cc3)n2)n(C)c1=O. The molecule has 3 aromatic heterocycles. The number of ether oxygens (including phenoxy) is 1. The van der Waals surface area contributed by atoms with E-state index in [1.807, 2.05) is 5.38 Å². The molecule has 0 saturated heterocycles. The van der Waals surface area contributed by atoms with Gasteiger partial charge in [0.25, 0.3) is 5.56 Å². The van der Waals surface area contributed by atoms with Crippen molar-refractivity contribution >= 4 is 34.1 Å². The smallest absolute Gasteiger partial charge is 0.332 e. The zero-order valence-corrected chi connectivity index (χ0v) is 16.7. The molecule has 0 aliphatic carbocycles. The molecule has 4 rings (SSSR count). The first-order chi connectivity index (χ1) is 13.4. The molecule has 0 aliphatic rings. The molecule has 0 atom stereocenters. The highest BCUT2D eigenvalue weighted by Gasteiger charge is 2.15. The summed E-state index contributed by atoms with van der Waals surface area (Å²) in [5, 5.41) is 3.38. The number of halogens is 1. The molecule has 0 spiro atoms. The molecule has 0 aliphatic heterocycles. The third-order valence-corrected chi connectivity index (χ3v) is 5.45. The first-order valence-electron chi connectivity index (χ1n) is 8.36. The summed E-state index contributed by atoms with van der Waals surface area (Å²) in [4.78, 5) is 33.3. The van der Waals surface area contributed by atoms with E-state index < -0.39 is 5.69 Å². The number of nitrogens with zero attached hydrogens (tertiary/aromatic N) is 5. The van der Waals surface area contributed by atoms with Gasteiger partial charge in [-0.15, -0.1) is 11.3 Å². The highest BCUT2D eigenvalue weighted by atomic mass is 35.5. The second-order valence-electron chi connectivity index (χ2n) is 6.23. The molecule has 28 heavy (non-hydrogen) atoms. The van der Waals surface area contributed by atoms with Crippen molar-refractivity contribution in [3.05, 3.63) is 72.5 Å². The summed E-state index contributed by atoms with van der Waals surface area (Å²) in [6.45, 7) is 0.717. The Hall–Kier alpha value is -2.91. The monoisotopic (exact) mass is 417 g/mol. The standard InChI is InChI=1S/C18H16ClN5O3S/c1-22-16-15(17(25)23(2)18(22)26)24(10-20-16)7-12-9-28-14(21-12)8-27-13-5-3-11(19)4-6-13/h3-6,9-10H,7-8H2,1-2H3. The van der Waals surface area contributed by atoms with E-state index in [4.69, 9.17) is 16.3 Å². The van der Waals surface area contributed by atoms with Gasteiger partial charge in [0.2, 0.25) is 0 Å². The van der Waals surface area contributed by atoms with Gasteiger partial charge >= 0.3 is 5.69 Å². The topological polar surface area (TPSA) is 83.9 Å². The maximum Gasteiger partial charge on any atom is 0.332 e. The van der Waals surface area contributed by atoms with E-state index in [1.165, 1.54) is 23.0 Å². The fourth-order valence-corrected chi connectivity index (χ4v) is 3.68. The number of rotatable bonds is 5. The summed E-state index contributed by atoms with van der Waals surface area (Å²) >= 11 is 7.34. The Morgan fingerprint density at radius 3 is 2.64 bits per heavy atom. The average molecular weight is 418 g/mol. The van der Waals surface area contributed by atoms with Crippen LogP contribution in [0.1, 0.15) is 10.7 Å². The maximum atomic E-state index is 12.5. The summed E-state index contributed by atoms with van der Waals surface area (Å²) in [5.41, 5.74) is 0.733. The van der Waals surface area contributed by atoms with Gasteiger partial charge in [-0.05, 0) is 24.3 Å². The van der Waals surface area contributed by atoms with E-state index in [9.17, 15) is 9.59 Å². The van der Waals surface area contributed by atoms with Crippen LogP contribution in [0.25, 0.3) is 11.2 Å². The third-order valence-electron chi connectivity index (χ3n) is 4.32. The lowest BCUT2D eigenvalue weighted by Crippen LogP contribution is -2.37. The van der Waals surface area contributed by atoms with Crippen LogP contribution in [-0.4, -0.2) is 23.7 Å². The minimum Gasteiger partial charge on any atom is -0.486 e. The Kier molecular flexibility index (Phi) is 4.78. The summed E-state index contributed by atoms with van der Waals surface area (Å²) in [6, 6.07) is 7.13. The highest BCUT2D eigenvalue weighted by Crippen LogP contribution is 2.19. The number of fused-ring (bicyclic) bond motifs is 1. The van der Waals surface area contributed by atoms with Gasteiger partial charge < -0.3 is 9.30 Å². The molecule has 0 N–H and O–H groups in total. The minimum atomic E-state index is -0.405. The van der Waals surface area contributed by atoms with Crippen LogP contribution in [0.4, 0.5) is 0 Å². The van der Waals surface area contributed by atoms with E-state index in [-0.39, 0.29) is 5.56 Å². The average Bonchev–Trinajstić information content (AvgIpc) is 3.32. The van der Waals surface area contributed by atoms with Crippen LogP contribution in [0.2, 0.25) is 5.02 Å². The predicted molar refractivity (Wildman–Crippen MR) is 107 cm³/mol. The van der Waals surface area contributed by atoms with Crippen molar-refractivity contribution in [2.75, 3.05) is 0 Å². The molecule has 0 fully saturated rings. The molecule has 3 heterocycles. The number of benzene rings is 1. The fourth-order valence-electron chi connectivity index (χ4n) is 2.86. The Labute approximate surface area is 168 Å². The number of aromatic nitrogens is 5. The van der Waals surface area contributed by atoms with Crippen molar-refractivity contribution in [3.63, 3.8) is 0 Å². The molecule has 0 bridgehead atoms. The number of thiazole rings is 1. The lowest BCUT2D eigenvalue weighted by atomic mass is 10.3. The van der Waals surface area contributed by atoms with Crippen molar-refractivity contribution in [1.29, 1.82) is 0 Å². The van der Waals surface area contributed by atoms with Gasteiger partial charge in [0.15, 0.2) is 11.2 Å². The molecule has 144 valence electrons. The number of hydrogen-bond acceptors (Lipinski definition) is 6. The molecule has 4 aromatic rings. The van der Waals surface area contributed by atoms with E-state index >= 15 is 0 Å². The van der Waals surface area contributed by atoms with Crippen molar-refractivity contribution in [3.8, 4) is 5.75 Å². The van der Waals surface area contributed by atoms with Crippen LogP contribution in [0.15, 0.2) is 45.6 Å². The lowest BCUT2D eigenvalue weighted by molar-refractivity contribution is 0.305. The van der Waals surface area contributed by atoms with Crippen LogP contribution in [0.5, 0.6) is 5.75 Å². The largest absolute Gasteiger partial charge is 0.486 e. The molecule has 8 nitrogen and oxygen atoms in total. The van der Waals surface area contributed by atoms with Crippen molar-refractivity contribution < 1.29 is 4.74 Å². The summed E-state index contributed by atoms with van der Waals surface area (Å²) in [7, 11) is 3.05. The van der Waals surface area contributed by atoms with Gasteiger partial charge in [-0.3, -0.25) is 13.9 Å². The molecule has 0 saturated carbocycles. The van der Waals surface area contributed by atoms with Crippen LogP contribution in [-0.2, 0) is 27.2 Å². The lowest BCUT2D eigenvalue weighted by Gasteiger charge is -2.05. The van der Waals surface area contributed by atoms with Gasteiger partial charge in [-0.2, -0.15) is 0 Å². The number of imidazole rings is 1. The van der Waals surface area contributed by atoms with Gasteiger partial charge in [0, 0.05) is 24.5 Å². The second kappa shape index (κ2) is 7.25. The zero-order valence-electron chi connectivity index (χ0n) is 15.1. The second-order valence-corrected chi connectivity index (χ2v) is 7.60. The Morgan fingerprint density at radius 1 is 1.14 bits per heavy atom. The number of hydrogen-bond donors (Lipinski definition) is 0. The van der Waals surface area contributed by atoms with E-state index in [0.717, 1.165) is 15.3 Å². The molecule has 10 heteroatoms. The van der Waals surface area contributed by atoms with Gasteiger partial charge in [0.05, 0.1) is 18.6 Å². The van der Waals surface area contributed by atoms with Gasteiger partial charge in [0.1, 0.15) is 17.4 Å². The van der Waals surface area contributed by atoms with Crippen molar-refractivity contribution in [2.24, 2.45) is 14.1 Å². The van der Waals surface area contributed by atoms with Crippen LogP contribution >= 0.6 is 22.9 Å².